The number of aromatic nitrogens is 3. The maximum Gasteiger partial charge on any atom is 0.298 e. The Bertz CT molecular complexity index is 960. The molecule has 3 aromatic heterocycles. The molecule has 1 aliphatic rings. The number of fused-ring (bicyclic) bond motifs is 1. The standard InChI is InChI=1S/C16H15N5O4/c22-15(12-2-1-7-25-12)18-11-10-17-13-3-4-14(19-21(13)16(11)23)20-5-8-24-9-6-20/h1-4,7,10H,5-6,8-9H2,(H,18,22). The van der Waals surface area contributed by atoms with Crippen molar-refractivity contribution in [1.29, 1.82) is 0 Å². The highest BCUT2D eigenvalue weighted by Gasteiger charge is 2.16. The second-order valence-electron chi connectivity index (χ2n) is 5.47. The summed E-state index contributed by atoms with van der Waals surface area (Å²) >= 11 is 0. The number of hydrogen-bond acceptors (Lipinski definition) is 7. The van der Waals surface area contributed by atoms with Crippen LogP contribution in [0.2, 0.25) is 0 Å². The molecule has 128 valence electrons. The molecule has 25 heavy (non-hydrogen) atoms. The van der Waals surface area contributed by atoms with Gasteiger partial charge in [0.25, 0.3) is 11.5 Å². The zero-order valence-electron chi connectivity index (χ0n) is 13.2. The van der Waals surface area contributed by atoms with Crippen molar-refractivity contribution < 1.29 is 13.9 Å². The van der Waals surface area contributed by atoms with Crippen molar-refractivity contribution in [3.8, 4) is 0 Å². The lowest BCUT2D eigenvalue weighted by atomic mass is 10.4. The molecule has 0 saturated carbocycles. The highest BCUT2D eigenvalue weighted by molar-refractivity contribution is 6.02. The fourth-order valence-corrected chi connectivity index (χ4v) is 2.59. The van der Waals surface area contributed by atoms with E-state index in [0.717, 1.165) is 0 Å². The van der Waals surface area contributed by atoms with Crippen LogP contribution in [-0.4, -0.2) is 46.8 Å². The average molecular weight is 341 g/mol. The Labute approximate surface area is 141 Å². The summed E-state index contributed by atoms with van der Waals surface area (Å²) in [6.45, 7) is 2.64. The van der Waals surface area contributed by atoms with Crippen molar-refractivity contribution in [2.45, 2.75) is 0 Å². The van der Waals surface area contributed by atoms with E-state index in [1.54, 1.807) is 12.1 Å². The number of hydrogen-bond donors (Lipinski definition) is 1. The van der Waals surface area contributed by atoms with Gasteiger partial charge in [-0.25, -0.2) is 4.98 Å². The lowest BCUT2D eigenvalue weighted by molar-refractivity contribution is 0.0996. The van der Waals surface area contributed by atoms with E-state index in [2.05, 4.69) is 15.4 Å². The first-order chi connectivity index (χ1) is 12.2. The predicted molar refractivity (Wildman–Crippen MR) is 89.0 cm³/mol. The fraction of sp³-hybridized carbons (Fsp3) is 0.250. The number of furan rings is 1. The summed E-state index contributed by atoms with van der Waals surface area (Å²) in [5, 5.41) is 6.87. The second-order valence-corrected chi connectivity index (χ2v) is 5.47. The van der Waals surface area contributed by atoms with E-state index in [4.69, 9.17) is 9.15 Å². The molecule has 0 atom stereocenters. The predicted octanol–water partition coefficient (Wildman–Crippen LogP) is 0.771. The molecule has 0 unspecified atom stereocenters. The van der Waals surface area contributed by atoms with Crippen LogP contribution < -0.4 is 15.8 Å². The van der Waals surface area contributed by atoms with Crippen LogP contribution in [0.15, 0.2) is 45.9 Å². The SMILES string of the molecule is O=C(Nc1cnc2ccc(N3CCOCC3)nn2c1=O)c1ccco1. The number of rotatable bonds is 3. The van der Waals surface area contributed by atoms with E-state index in [1.165, 1.54) is 23.0 Å². The number of anilines is 2. The van der Waals surface area contributed by atoms with Gasteiger partial charge in [-0.1, -0.05) is 0 Å². The van der Waals surface area contributed by atoms with Gasteiger partial charge in [-0.05, 0) is 24.3 Å². The molecule has 1 fully saturated rings. The maximum atomic E-state index is 12.6. The number of carbonyl (C=O) groups is 1. The first-order valence-electron chi connectivity index (χ1n) is 7.79. The number of nitrogens with one attached hydrogen (secondary N) is 1. The Kier molecular flexibility index (Phi) is 3.90. The zero-order valence-corrected chi connectivity index (χ0v) is 13.2. The lowest BCUT2D eigenvalue weighted by Gasteiger charge is -2.27. The Morgan fingerprint density at radius 1 is 1.20 bits per heavy atom. The van der Waals surface area contributed by atoms with Crippen molar-refractivity contribution in [1.82, 2.24) is 14.6 Å². The number of morpholine rings is 1. The smallest absolute Gasteiger partial charge is 0.298 e. The van der Waals surface area contributed by atoms with Crippen LogP contribution in [0.1, 0.15) is 10.6 Å². The number of nitrogens with zero attached hydrogens (tertiary/aromatic N) is 4. The summed E-state index contributed by atoms with van der Waals surface area (Å²) in [5.41, 5.74) is -0.0245. The third-order valence-electron chi connectivity index (χ3n) is 3.88. The summed E-state index contributed by atoms with van der Waals surface area (Å²) in [6.07, 6.45) is 2.70. The summed E-state index contributed by atoms with van der Waals surface area (Å²) in [4.78, 5) is 30.9. The van der Waals surface area contributed by atoms with Gasteiger partial charge < -0.3 is 19.4 Å². The van der Waals surface area contributed by atoms with Crippen LogP contribution in [0.3, 0.4) is 0 Å². The molecular weight excluding hydrogens is 326 g/mol. The van der Waals surface area contributed by atoms with Crippen LogP contribution in [0.5, 0.6) is 0 Å². The molecule has 0 aliphatic carbocycles. The van der Waals surface area contributed by atoms with Gasteiger partial charge in [0.05, 0.1) is 25.7 Å². The molecule has 4 heterocycles. The van der Waals surface area contributed by atoms with Gasteiger partial charge in [-0.15, -0.1) is 5.10 Å². The van der Waals surface area contributed by atoms with Crippen LogP contribution in [0.25, 0.3) is 5.65 Å². The number of amides is 1. The van der Waals surface area contributed by atoms with Crippen molar-refractivity contribution in [2.24, 2.45) is 0 Å². The van der Waals surface area contributed by atoms with Gasteiger partial charge in [0.1, 0.15) is 11.5 Å². The van der Waals surface area contributed by atoms with Gasteiger partial charge in [0, 0.05) is 13.1 Å². The van der Waals surface area contributed by atoms with Crippen molar-refractivity contribution >= 4 is 23.1 Å². The molecule has 4 rings (SSSR count). The van der Waals surface area contributed by atoms with Crippen molar-refractivity contribution in [3.05, 3.63) is 52.8 Å². The van der Waals surface area contributed by atoms with E-state index >= 15 is 0 Å². The lowest BCUT2D eigenvalue weighted by Crippen LogP contribution is -2.37. The summed E-state index contributed by atoms with van der Waals surface area (Å²) < 4.78 is 11.5. The van der Waals surface area contributed by atoms with E-state index in [-0.39, 0.29) is 11.4 Å². The first-order valence-corrected chi connectivity index (χ1v) is 7.79. The summed E-state index contributed by atoms with van der Waals surface area (Å²) in [5.74, 6) is 0.252. The Morgan fingerprint density at radius 2 is 2.04 bits per heavy atom. The fourth-order valence-electron chi connectivity index (χ4n) is 2.59. The van der Waals surface area contributed by atoms with Gasteiger partial charge >= 0.3 is 0 Å². The van der Waals surface area contributed by atoms with Gasteiger partial charge in [-0.3, -0.25) is 9.59 Å². The van der Waals surface area contributed by atoms with Crippen molar-refractivity contribution in [3.63, 3.8) is 0 Å². The van der Waals surface area contributed by atoms with Crippen LogP contribution >= 0.6 is 0 Å². The monoisotopic (exact) mass is 341 g/mol. The highest BCUT2D eigenvalue weighted by Crippen LogP contribution is 2.13. The minimum atomic E-state index is -0.520. The molecule has 1 N–H and O–H groups in total. The molecule has 3 aromatic rings. The largest absolute Gasteiger partial charge is 0.459 e. The quantitative estimate of drug-likeness (QED) is 0.751. The molecule has 0 bridgehead atoms. The van der Waals surface area contributed by atoms with E-state index in [0.29, 0.717) is 37.8 Å². The van der Waals surface area contributed by atoms with Crippen LogP contribution in [-0.2, 0) is 4.74 Å². The minimum absolute atomic E-state index is 0.0329. The normalized spacial score (nSPS) is 14.6. The van der Waals surface area contributed by atoms with E-state index in [9.17, 15) is 9.59 Å². The highest BCUT2D eigenvalue weighted by atomic mass is 16.5. The molecule has 0 spiro atoms. The van der Waals surface area contributed by atoms with Gasteiger partial charge in [0.2, 0.25) is 0 Å². The number of ether oxygens (including phenoxy) is 1. The maximum absolute atomic E-state index is 12.6. The molecule has 0 radical (unpaired) electrons. The Hall–Kier alpha value is -3.20. The third-order valence-corrected chi connectivity index (χ3v) is 3.88. The van der Waals surface area contributed by atoms with Crippen LogP contribution in [0, 0.1) is 0 Å². The molecule has 1 saturated heterocycles. The number of carbonyl (C=O) groups excluding carboxylic acids is 1. The molecular formula is C16H15N5O4. The van der Waals surface area contributed by atoms with Gasteiger partial charge in [0.15, 0.2) is 11.4 Å². The van der Waals surface area contributed by atoms with E-state index < -0.39 is 11.5 Å². The Morgan fingerprint density at radius 3 is 2.80 bits per heavy atom. The van der Waals surface area contributed by atoms with Gasteiger partial charge in [-0.2, -0.15) is 4.52 Å². The van der Waals surface area contributed by atoms with Crippen molar-refractivity contribution in [2.75, 3.05) is 36.5 Å². The molecule has 0 aromatic carbocycles. The van der Waals surface area contributed by atoms with Crippen LogP contribution in [0.4, 0.5) is 11.5 Å². The summed E-state index contributed by atoms with van der Waals surface area (Å²) in [7, 11) is 0. The first kappa shape index (κ1) is 15.3. The third kappa shape index (κ3) is 2.96. The second kappa shape index (κ2) is 6.36. The Balaban J connectivity index is 1.68. The molecule has 9 nitrogen and oxygen atoms in total. The zero-order chi connectivity index (χ0) is 17.2. The molecule has 1 amide bonds. The molecule has 9 heteroatoms. The average Bonchev–Trinajstić information content (AvgIpc) is 3.19. The molecule has 1 aliphatic heterocycles. The topological polar surface area (TPSA) is 102 Å². The van der Waals surface area contributed by atoms with E-state index in [1.807, 2.05) is 11.0 Å². The minimum Gasteiger partial charge on any atom is -0.459 e. The summed E-state index contributed by atoms with van der Waals surface area (Å²) in [6, 6.07) is 6.64.